The highest BCUT2D eigenvalue weighted by atomic mass is 79.9. The Kier molecular flexibility index (Phi) is 4.62. The lowest BCUT2D eigenvalue weighted by Gasteiger charge is -2.41. The van der Waals surface area contributed by atoms with E-state index in [4.69, 9.17) is 0 Å². The quantitative estimate of drug-likeness (QED) is 0.917. The first kappa shape index (κ1) is 13.8. The summed E-state index contributed by atoms with van der Waals surface area (Å²) in [5.74, 6) is -0.196. The predicted octanol–water partition coefficient (Wildman–Crippen LogP) is 3.56. The van der Waals surface area contributed by atoms with Crippen LogP contribution in [0.4, 0.5) is 10.1 Å². The first-order valence-corrected chi connectivity index (χ1v) is 7.36. The molecule has 2 rings (SSSR count). The predicted molar refractivity (Wildman–Crippen MR) is 77.6 cm³/mol. The van der Waals surface area contributed by atoms with E-state index in [1.807, 2.05) is 6.07 Å². The third-order valence-electron chi connectivity index (χ3n) is 3.51. The minimum Gasteiger partial charge on any atom is -0.365 e. The Bertz CT molecular complexity index is 411. The van der Waals surface area contributed by atoms with Gasteiger partial charge in [0, 0.05) is 29.6 Å². The zero-order valence-electron chi connectivity index (χ0n) is 10.9. The molecule has 2 nitrogen and oxygen atoms in total. The monoisotopic (exact) mass is 314 g/mol. The van der Waals surface area contributed by atoms with Crippen LogP contribution >= 0.6 is 15.9 Å². The summed E-state index contributed by atoms with van der Waals surface area (Å²) in [6, 6.07) is 5.90. The summed E-state index contributed by atoms with van der Waals surface area (Å²) >= 11 is 3.47. The van der Waals surface area contributed by atoms with Crippen molar-refractivity contribution >= 4 is 21.6 Å². The van der Waals surface area contributed by atoms with Crippen molar-refractivity contribution in [1.82, 2.24) is 5.32 Å². The summed E-state index contributed by atoms with van der Waals surface area (Å²) in [4.78, 5) is 2.36. The zero-order chi connectivity index (χ0) is 13.1. The summed E-state index contributed by atoms with van der Waals surface area (Å²) in [5.41, 5.74) is 1.09. The van der Waals surface area contributed by atoms with Crippen molar-refractivity contribution in [1.29, 1.82) is 0 Å². The van der Waals surface area contributed by atoms with Gasteiger partial charge in [-0.1, -0.05) is 13.3 Å². The SMILES string of the molecule is CCCC1CN(c2ccc(F)cc2Br)C(C)CN1. The van der Waals surface area contributed by atoms with Gasteiger partial charge in [-0.15, -0.1) is 0 Å². The van der Waals surface area contributed by atoms with Gasteiger partial charge in [0.15, 0.2) is 0 Å². The first-order chi connectivity index (χ1) is 8.61. The van der Waals surface area contributed by atoms with E-state index in [1.165, 1.54) is 18.9 Å². The molecule has 0 amide bonds. The number of nitrogens with one attached hydrogen (secondary N) is 1. The Morgan fingerprint density at radius 2 is 2.28 bits per heavy atom. The molecule has 1 aliphatic heterocycles. The molecule has 0 bridgehead atoms. The number of piperazine rings is 1. The molecule has 1 aromatic rings. The second-order valence-corrected chi connectivity index (χ2v) is 5.85. The number of benzene rings is 1. The Labute approximate surface area is 117 Å². The minimum atomic E-state index is -0.196. The number of rotatable bonds is 3. The molecule has 0 aromatic heterocycles. The fraction of sp³-hybridized carbons (Fsp3) is 0.571. The van der Waals surface area contributed by atoms with Crippen LogP contribution in [-0.2, 0) is 0 Å². The van der Waals surface area contributed by atoms with Gasteiger partial charge in [-0.25, -0.2) is 4.39 Å². The van der Waals surface area contributed by atoms with E-state index in [0.717, 1.165) is 23.2 Å². The molecule has 1 N–H and O–H groups in total. The van der Waals surface area contributed by atoms with Crippen molar-refractivity contribution in [3.8, 4) is 0 Å². The Morgan fingerprint density at radius 3 is 2.94 bits per heavy atom. The van der Waals surface area contributed by atoms with Crippen molar-refractivity contribution < 1.29 is 4.39 Å². The third-order valence-corrected chi connectivity index (χ3v) is 4.14. The second kappa shape index (κ2) is 6.02. The highest BCUT2D eigenvalue weighted by Crippen LogP contribution is 2.30. The third kappa shape index (κ3) is 3.04. The van der Waals surface area contributed by atoms with Crippen molar-refractivity contribution in [3.05, 3.63) is 28.5 Å². The number of hydrogen-bond acceptors (Lipinski definition) is 2. The molecule has 1 aromatic carbocycles. The smallest absolute Gasteiger partial charge is 0.124 e. The topological polar surface area (TPSA) is 15.3 Å². The number of nitrogens with zero attached hydrogens (tertiary/aromatic N) is 1. The molecule has 100 valence electrons. The molecule has 0 aliphatic carbocycles. The van der Waals surface area contributed by atoms with E-state index in [2.05, 4.69) is 40.0 Å². The van der Waals surface area contributed by atoms with Crippen LogP contribution in [0.25, 0.3) is 0 Å². The van der Waals surface area contributed by atoms with Gasteiger partial charge in [0.25, 0.3) is 0 Å². The zero-order valence-corrected chi connectivity index (χ0v) is 12.5. The standard InChI is InChI=1S/C14H20BrFN2/c1-3-4-12-9-18(10(2)8-17-12)14-6-5-11(16)7-13(14)15/h5-7,10,12,17H,3-4,8-9H2,1-2H3. The average molecular weight is 315 g/mol. The van der Waals surface area contributed by atoms with Gasteiger partial charge in [0.2, 0.25) is 0 Å². The van der Waals surface area contributed by atoms with Crippen LogP contribution in [0.2, 0.25) is 0 Å². The molecule has 0 spiro atoms. The van der Waals surface area contributed by atoms with Gasteiger partial charge in [-0.05, 0) is 47.5 Å². The Morgan fingerprint density at radius 1 is 1.50 bits per heavy atom. The van der Waals surface area contributed by atoms with Crippen molar-refractivity contribution in [3.63, 3.8) is 0 Å². The van der Waals surface area contributed by atoms with Crippen molar-refractivity contribution in [2.75, 3.05) is 18.0 Å². The fourth-order valence-corrected chi connectivity index (χ4v) is 3.10. The molecule has 1 aliphatic rings. The normalized spacial score (nSPS) is 24.3. The number of hydrogen-bond donors (Lipinski definition) is 1. The Balaban J connectivity index is 2.18. The molecule has 1 saturated heterocycles. The fourth-order valence-electron chi connectivity index (χ4n) is 2.52. The van der Waals surface area contributed by atoms with Gasteiger partial charge in [0.05, 0.1) is 5.69 Å². The lowest BCUT2D eigenvalue weighted by molar-refractivity contribution is 0.386. The van der Waals surface area contributed by atoms with E-state index in [9.17, 15) is 4.39 Å². The Hall–Kier alpha value is -0.610. The summed E-state index contributed by atoms with van der Waals surface area (Å²) in [6.45, 7) is 6.37. The van der Waals surface area contributed by atoms with E-state index in [1.54, 1.807) is 6.07 Å². The summed E-state index contributed by atoms with van der Waals surface area (Å²) in [7, 11) is 0. The first-order valence-electron chi connectivity index (χ1n) is 6.57. The van der Waals surface area contributed by atoms with E-state index in [0.29, 0.717) is 12.1 Å². The summed E-state index contributed by atoms with van der Waals surface area (Å²) in [5, 5.41) is 3.57. The van der Waals surface area contributed by atoms with Crippen LogP contribution in [-0.4, -0.2) is 25.2 Å². The van der Waals surface area contributed by atoms with Crippen LogP contribution in [0.3, 0.4) is 0 Å². The van der Waals surface area contributed by atoms with Gasteiger partial charge < -0.3 is 10.2 Å². The van der Waals surface area contributed by atoms with Crippen LogP contribution in [0.5, 0.6) is 0 Å². The van der Waals surface area contributed by atoms with Crippen molar-refractivity contribution in [2.45, 2.75) is 38.8 Å². The summed E-state index contributed by atoms with van der Waals surface area (Å²) in [6.07, 6.45) is 2.37. The van der Waals surface area contributed by atoms with E-state index in [-0.39, 0.29) is 5.82 Å². The van der Waals surface area contributed by atoms with Gasteiger partial charge in [-0.2, -0.15) is 0 Å². The molecular weight excluding hydrogens is 295 g/mol. The highest BCUT2D eigenvalue weighted by molar-refractivity contribution is 9.10. The number of halogens is 2. The van der Waals surface area contributed by atoms with Crippen molar-refractivity contribution in [2.24, 2.45) is 0 Å². The molecule has 2 atom stereocenters. The molecule has 18 heavy (non-hydrogen) atoms. The second-order valence-electron chi connectivity index (χ2n) is 4.99. The molecule has 0 radical (unpaired) electrons. The maximum Gasteiger partial charge on any atom is 0.124 e. The molecule has 1 fully saturated rings. The van der Waals surface area contributed by atoms with Gasteiger partial charge in [0.1, 0.15) is 5.82 Å². The van der Waals surface area contributed by atoms with Crippen LogP contribution < -0.4 is 10.2 Å². The maximum absolute atomic E-state index is 13.1. The van der Waals surface area contributed by atoms with Crippen LogP contribution in [0.15, 0.2) is 22.7 Å². The van der Waals surface area contributed by atoms with Crippen LogP contribution in [0, 0.1) is 5.82 Å². The molecule has 2 unspecified atom stereocenters. The lowest BCUT2D eigenvalue weighted by atomic mass is 10.1. The number of anilines is 1. The van der Waals surface area contributed by atoms with Gasteiger partial charge >= 0.3 is 0 Å². The largest absolute Gasteiger partial charge is 0.365 e. The molecule has 4 heteroatoms. The average Bonchev–Trinajstić information content (AvgIpc) is 2.33. The lowest BCUT2D eigenvalue weighted by Crippen LogP contribution is -2.55. The van der Waals surface area contributed by atoms with E-state index < -0.39 is 0 Å². The summed E-state index contributed by atoms with van der Waals surface area (Å²) < 4.78 is 14.0. The van der Waals surface area contributed by atoms with Crippen LogP contribution in [0.1, 0.15) is 26.7 Å². The molecule has 0 saturated carbocycles. The van der Waals surface area contributed by atoms with Gasteiger partial charge in [-0.3, -0.25) is 0 Å². The maximum atomic E-state index is 13.1. The van der Waals surface area contributed by atoms with E-state index >= 15 is 0 Å². The minimum absolute atomic E-state index is 0.196. The molecule has 1 heterocycles. The molecular formula is C14H20BrFN2. The highest BCUT2D eigenvalue weighted by Gasteiger charge is 2.25.